The van der Waals surface area contributed by atoms with E-state index < -0.39 is 0 Å². The molecule has 104 valence electrons. The van der Waals surface area contributed by atoms with Crippen LogP contribution < -0.4 is 0 Å². The molecule has 0 saturated carbocycles. The third kappa shape index (κ3) is 3.25. The van der Waals surface area contributed by atoms with E-state index in [0.29, 0.717) is 17.8 Å². The second-order valence-corrected chi connectivity index (χ2v) is 5.03. The molecular weight excluding hydrogens is 265 g/mol. The highest BCUT2D eigenvalue weighted by Gasteiger charge is 2.11. The van der Waals surface area contributed by atoms with Crippen molar-refractivity contribution in [3.8, 4) is 0 Å². The fourth-order valence-corrected chi connectivity index (χ4v) is 2.28. The van der Waals surface area contributed by atoms with E-state index in [2.05, 4.69) is 28.4 Å². The lowest BCUT2D eigenvalue weighted by Gasteiger charge is -2.15. The summed E-state index contributed by atoms with van der Waals surface area (Å²) in [4.78, 5) is 6.72. The van der Waals surface area contributed by atoms with E-state index in [4.69, 9.17) is 11.6 Å². The number of likely N-dealkylation sites (N-methyl/N-ethyl adjacent to an activating group) is 1. The standard InChI is InChI=1S/C14H19ClFN3/c1-3-18(2)8-9-19-13-5-4-11(16)10-12(13)17-14(19)6-7-15/h4-5,10H,3,6-9H2,1-2H3. The molecule has 2 rings (SSSR count). The summed E-state index contributed by atoms with van der Waals surface area (Å²) in [6.07, 6.45) is 0.702. The monoisotopic (exact) mass is 283 g/mol. The summed E-state index contributed by atoms with van der Waals surface area (Å²) in [5.74, 6) is 1.20. The lowest BCUT2D eigenvalue weighted by atomic mass is 10.3. The number of imidazole rings is 1. The van der Waals surface area contributed by atoms with Crippen molar-refractivity contribution < 1.29 is 4.39 Å². The van der Waals surface area contributed by atoms with E-state index in [9.17, 15) is 4.39 Å². The van der Waals surface area contributed by atoms with Crippen molar-refractivity contribution in [3.05, 3.63) is 29.8 Å². The minimum atomic E-state index is -0.250. The third-order valence-electron chi connectivity index (χ3n) is 3.35. The predicted molar refractivity (Wildman–Crippen MR) is 77.3 cm³/mol. The van der Waals surface area contributed by atoms with E-state index in [-0.39, 0.29) is 5.82 Å². The highest BCUT2D eigenvalue weighted by atomic mass is 35.5. The van der Waals surface area contributed by atoms with Crippen LogP contribution in [0.25, 0.3) is 11.0 Å². The predicted octanol–water partition coefficient (Wildman–Crippen LogP) is 2.91. The van der Waals surface area contributed by atoms with E-state index >= 15 is 0 Å². The molecule has 5 heteroatoms. The summed E-state index contributed by atoms with van der Waals surface area (Å²) in [5.41, 5.74) is 1.69. The molecular formula is C14H19ClFN3. The number of hydrogen-bond donors (Lipinski definition) is 0. The molecule has 0 atom stereocenters. The Morgan fingerprint density at radius 2 is 2.21 bits per heavy atom. The number of halogens is 2. The smallest absolute Gasteiger partial charge is 0.125 e. The zero-order chi connectivity index (χ0) is 13.8. The molecule has 0 radical (unpaired) electrons. The first-order valence-electron chi connectivity index (χ1n) is 6.55. The lowest BCUT2D eigenvalue weighted by Crippen LogP contribution is -2.23. The van der Waals surface area contributed by atoms with Crippen LogP contribution in [0.4, 0.5) is 4.39 Å². The molecule has 0 bridgehead atoms. The van der Waals surface area contributed by atoms with Crippen LogP contribution >= 0.6 is 11.6 Å². The molecule has 0 saturated heterocycles. The minimum Gasteiger partial charge on any atom is -0.327 e. The molecule has 0 aliphatic carbocycles. The van der Waals surface area contributed by atoms with Gasteiger partial charge in [0.15, 0.2) is 0 Å². The van der Waals surface area contributed by atoms with Gasteiger partial charge in [0.2, 0.25) is 0 Å². The highest BCUT2D eigenvalue weighted by molar-refractivity contribution is 6.17. The normalized spacial score (nSPS) is 11.6. The Balaban J connectivity index is 2.34. The summed E-state index contributed by atoms with van der Waals surface area (Å²) < 4.78 is 15.4. The van der Waals surface area contributed by atoms with Crippen molar-refractivity contribution >= 4 is 22.6 Å². The summed E-state index contributed by atoms with van der Waals surface area (Å²) in [5, 5.41) is 0. The van der Waals surface area contributed by atoms with Gasteiger partial charge in [0, 0.05) is 31.5 Å². The fraction of sp³-hybridized carbons (Fsp3) is 0.500. The van der Waals surface area contributed by atoms with E-state index in [1.54, 1.807) is 6.07 Å². The topological polar surface area (TPSA) is 21.1 Å². The average Bonchev–Trinajstić information content (AvgIpc) is 2.73. The Labute approximate surface area is 118 Å². The van der Waals surface area contributed by atoms with E-state index in [0.717, 1.165) is 31.0 Å². The SMILES string of the molecule is CCN(C)CCn1c(CCCl)nc2cc(F)ccc21. The molecule has 2 aromatic rings. The summed E-state index contributed by atoms with van der Waals surface area (Å²) >= 11 is 5.82. The number of hydrogen-bond acceptors (Lipinski definition) is 2. The van der Waals surface area contributed by atoms with Gasteiger partial charge in [0.1, 0.15) is 11.6 Å². The van der Waals surface area contributed by atoms with Crippen LogP contribution in [0.3, 0.4) is 0 Å². The van der Waals surface area contributed by atoms with Gasteiger partial charge in [-0.15, -0.1) is 11.6 Å². The van der Waals surface area contributed by atoms with Gasteiger partial charge < -0.3 is 9.47 Å². The van der Waals surface area contributed by atoms with Crippen molar-refractivity contribution in [3.63, 3.8) is 0 Å². The molecule has 0 spiro atoms. The maximum atomic E-state index is 13.2. The van der Waals surface area contributed by atoms with Gasteiger partial charge >= 0.3 is 0 Å². The number of nitrogens with zero attached hydrogens (tertiary/aromatic N) is 3. The number of rotatable bonds is 6. The molecule has 1 heterocycles. The number of aromatic nitrogens is 2. The molecule has 1 aromatic heterocycles. The Kier molecular flexibility index (Phi) is 4.77. The van der Waals surface area contributed by atoms with Gasteiger partial charge in [-0.25, -0.2) is 9.37 Å². The van der Waals surface area contributed by atoms with Gasteiger partial charge in [-0.05, 0) is 25.7 Å². The minimum absolute atomic E-state index is 0.250. The second-order valence-electron chi connectivity index (χ2n) is 4.65. The van der Waals surface area contributed by atoms with Crippen molar-refractivity contribution in [2.75, 3.05) is 26.0 Å². The van der Waals surface area contributed by atoms with Crippen LogP contribution in [0.1, 0.15) is 12.7 Å². The molecule has 1 aromatic carbocycles. The summed E-state index contributed by atoms with van der Waals surface area (Å²) in [6.45, 7) is 4.92. The second kappa shape index (κ2) is 6.35. The Bertz CT molecular complexity index is 553. The van der Waals surface area contributed by atoms with Gasteiger partial charge in [0.05, 0.1) is 11.0 Å². The summed E-state index contributed by atoms with van der Waals surface area (Å²) in [6, 6.07) is 4.75. The molecule has 0 amide bonds. The largest absolute Gasteiger partial charge is 0.327 e. The van der Waals surface area contributed by atoms with Crippen molar-refractivity contribution in [2.45, 2.75) is 19.9 Å². The van der Waals surface area contributed by atoms with Crippen LogP contribution in [-0.2, 0) is 13.0 Å². The van der Waals surface area contributed by atoms with Crippen LogP contribution in [0.15, 0.2) is 18.2 Å². The lowest BCUT2D eigenvalue weighted by molar-refractivity contribution is 0.335. The fourth-order valence-electron chi connectivity index (χ4n) is 2.11. The number of aryl methyl sites for hydroxylation is 1. The molecule has 0 fully saturated rings. The highest BCUT2D eigenvalue weighted by Crippen LogP contribution is 2.18. The van der Waals surface area contributed by atoms with Gasteiger partial charge in [-0.1, -0.05) is 6.92 Å². The van der Waals surface area contributed by atoms with Crippen LogP contribution in [0.5, 0.6) is 0 Å². The summed E-state index contributed by atoms with van der Waals surface area (Å²) in [7, 11) is 2.08. The van der Waals surface area contributed by atoms with Gasteiger partial charge in [-0.3, -0.25) is 0 Å². The number of benzene rings is 1. The first-order valence-corrected chi connectivity index (χ1v) is 7.08. The molecule has 0 unspecified atom stereocenters. The maximum Gasteiger partial charge on any atom is 0.125 e. The maximum absolute atomic E-state index is 13.2. The molecule has 0 aliphatic heterocycles. The molecule has 3 nitrogen and oxygen atoms in total. The first-order chi connectivity index (χ1) is 9.15. The van der Waals surface area contributed by atoms with Crippen molar-refractivity contribution in [1.82, 2.24) is 14.5 Å². The Morgan fingerprint density at radius 3 is 2.89 bits per heavy atom. The number of fused-ring (bicyclic) bond motifs is 1. The quantitative estimate of drug-likeness (QED) is 0.760. The zero-order valence-electron chi connectivity index (χ0n) is 11.4. The number of alkyl halides is 1. The average molecular weight is 284 g/mol. The molecule has 0 N–H and O–H groups in total. The van der Waals surface area contributed by atoms with Crippen molar-refractivity contribution in [1.29, 1.82) is 0 Å². The Hall–Kier alpha value is -1.13. The van der Waals surface area contributed by atoms with Crippen molar-refractivity contribution in [2.24, 2.45) is 0 Å². The zero-order valence-corrected chi connectivity index (χ0v) is 12.1. The van der Waals surface area contributed by atoms with E-state index in [1.807, 2.05) is 0 Å². The van der Waals surface area contributed by atoms with Gasteiger partial charge in [-0.2, -0.15) is 0 Å². The van der Waals surface area contributed by atoms with E-state index in [1.165, 1.54) is 12.1 Å². The molecule has 19 heavy (non-hydrogen) atoms. The Morgan fingerprint density at radius 1 is 1.42 bits per heavy atom. The van der Waals surface area contributed by atoms with Crippen LogP contribution in [0.2, 0.25) is 0 Å². The van der Waals surface area contributed by atoms with Gasteiger partial charge in [0.25, 0.3) is 0 Å². The van der Waals surface area contributed by atoms with Crippen LogP contribution in [-0.4, -0.2) is 40.5 Å². The third-order valence-corrected chi connectivity index (χ3v) is 3.54. The van der Waals surface area contributed by atoms with Crippen LogP contribution in [0, 0.1) is 5.82 Å². The first kappa shape index (κ1) is 14.3. The molecule has 0 aliphatic rings.